The lowest BCUT2D eigenvalue weighted by atomic mass is 10.2. The Balaban J connectivity index is 1.70. The molecule has 2 fully saturated rings. The summed E-state index contributed by atoms with van der Waals surface area (Å²) < 4.78 is 0. The molecule has 0 spiro atoms. The summed E-state index contributed by atoms with van der Waals surface area (Å²) in [5.41, 5.74) is 1.14. The number of nitrogens with zero attached hydrogens (tertiary/aromatic N) is 4. The molecule has 1 unspecified atom stereocenters. The van der Waals surface area contributed by atoms with Gasteiger partial charge < -0.3 is 10.2 Å². The lowest BCUT2D eigenvalue weighted by Gasteiger charge is -2.25. The summed E-state index contributed by atoms with van der Waals surface area (Å²) in [5, 5.41) is 3.12. The largest absolute Gasteiger partial charge is 0.339 e. The van der Waals surface area contributed by atoms with Gasteiger partial charge in [0.2, 0.25) is 5.95 Å². The van der Waals surface area contributed by atoms with E-state index in [-0.39, 0.29) is 0 Å². The molecule has 1 atom stereocenters. The molecule has 0 radical (unpaired) electrons. The van der Waals surface area contributed by atoms with Crippen LogP contribution in [0.5, 0.6) is 0 Å². The molecule has 5 heteroatoms. The molecule has 3 rings (SSSR count). The molecule has 19 heavy (non-hydrogen) atoms. The molecule has 0 amide bonds. The fourth-order valence-corrected chi connectivity index (χ4v) is 3.19. The first-order chi connectivity index (χ1) is 9.36. The third-order valence-electron chi connectivity index (χ3n) is 4.16. The van der Waals surface area contributed by atoms with Crippen molar-refractivity contribution in [1.29, 1.82) is 0 Å². The van der Waals surface area contributed by atoms with Gasteiger partial charge >= 0.3 is 0 Å². The number of hydrogen-bond acceptors (Lipinski definition) is 5. The zero-order chi connectivity index (χ0) is 13.1. The molecule has 2 saturated heterocycles. The second-order valence-corrected chi connectivity index (χ2v) is 5.55. The quantitative estimate of drug-likeness (QED) is 0.875. The molecule has 1 aromatic rings. The minimum absolute atomic E-state index is 0.711. The number of hydrogen-bond donors (Lipinski definition) is 1. The number of fused-ring (bicyclic) bond motifs is 1. The molecule has 1 aromatic heterocycles. The third-order valence-corrected chi connectivity index (χ3v) is 4.16. The van der Waals surface area contributed by atoms with Crippen LogP contribution in [0.25, 0.3) is 0 Å². The highest BCUT2D eigenvalue weighted by atomic mass is 15.3. The number of anilines is 1. The summed E-state index contributed by atoms with van der Waals surface area (Å²) in [7, 11) is 1.94. The number of aromatic nitrogens is 2. The molecule has 2 aliphatic rings. The van der Waals surface area contributed by atoms with Gasteiger partial charge in [-0.25, -0.2) is 9.97 Å². The van der Waals surface area contributed by atoms with E-state index in [1.165, 1.54) is 32.4 Å². The maximum Gasteiger partial charge on any atom is 0.225 e. The van der Waals surface area contributed by atoms with Crippen molar-refractivity contribution in [3.8, 4) is 0 Å². The zero-order valence-electron chi connectivity index (χ0n) is 11.7. The van der Waals surface area contributed by atoms with Crippen LogP contribution in [0, 0.1) is 0 Å². The van der Waals surface area contributed by atoms with Crippen LogP contribution in [-0.2, 0) is 6.54 Å². The lowest BCUT2D eigenvalue weighted by Crippen LogP contribution is -2.37. The van der Waals surface area contributed by atoms with Gasteiger partial charge in [-0.05, 0) is 32.9 Å². The van der Waals surface area contributed by atoms with Gasteiger partial charge in [0.25, 0.3) is 0 Å². The zero-order valence-corrected chi connectivity index (χ0v) is 11.7. The first-order valence-electron chi connectivity index (χ1n) is 7.31. The van der Waals surface area contributed by atoms with Crippen molar-refractivity contribution in [1.82, 2.24) is 20.2 Å². The summed E-state index contributed by atoms with van der Waals surface area (Å²) in [6.45, 7) is 5.51. The molecule has 0 bridgehead atoms. The third kappa shape index (κ3) is 2.87. The summed E-state index contributed by atoms with van der Waals surface area (Å²) in [6.07, 6.45) is 7.78. The van der Waals surface area contributed by atoms with Crippen molar-refractivity contribution in [3.05, 3.63) is 18.0 Å². The fraction of sp³-hybridized carbons (Fsp3) is 0.714. The van der Waals surface area contributed by atoms with Crippen LogP contribution in [0.2, 0.25) is 0 Å². The van der Waals surface area contributed by atoms with Crippen molar-refractivity contribution in [2.24, 2.45) is 0 Å². The van der Waals surface area contributed by atoms with E-state index in [9.17, 15) is 0 Å². The summed E-state index contributed by atoms with van der Waals surface area (Å²) in [6, 6.07) is 0.711. The Morgan fingerprint density at radius 1 is 1.21 bits per heavy atom. The van der Waals surface area contributed by atoms with Gasteiger partial charge in [0.15, 0.2) is 0 Å². The van der Waals surface area contributed by atoms with Crippen molar-refractivity contribution in [3.63, 3.8) is 0 Å². The smallest absolute Gasteiger partial charge is 0.225 e. The Morgan fingerprint density at radius 3 is 2.79 bits per heavy atom. The molecule has 0 aromatic carbocycles. The van der Waals surface area contributed by atoms with E-state index in [1.54, 1.807) is 0 Å². The van der Waals surface area contributed by atoms with Crippen LogP contribution in [0.3, 0.4) is 0 Å². The normalized spacial score (nSPS) is 24.3. The van der Waals surface area contributed by atoms with Crippen LogP contribution in [0.1, 0.15) is 24.8 Å². The molecule has 5 nitrogen and oxygen atoms in total. The topological polar surface area (TPSA) is 44.3 Å². The highest BCUT2D eigenvalue weighted by Gasteiger charge is 2.29. The molecular weight excluding hydrogens is 238 g/mol. The van der Waals surface area contributed by atoms with Gasteiger partial charge in [-0.3, -0.25) is 4.90 Å². The maximum atomic E-state index is 4.53. The Hall–Kier alpha value is -1.20. The predicted octanol–water partition coefficient (Wildman–Crippen LogP) is 0.871. The summed E-state index contributed by atoms with van der Waals surface area (Å²) in [5.74, 6) is 0.897. The van der Waals surface area contributed by atoms with Crippen LogP contribution in [-0.4, -0.2) is 54.1 Å². The van der Waals surface area contributed by atoms with Gasteiger partial charge in [-0.15, -0.1) is 0 Å². The molecule has 2 aliphatic heterocycles. The second kappa shape index (κ2) is 5.84. The molecule has 0 saturated carbocycles. The second-order valence-electron chi connectivity index (χ2n) is 5.55. The number of nitrogens with one attached hydrogen (secondary N) is 1. The van der Waals surface area contributed by atoms with Gasteiger partial charge in [0.05, 0.1) is 0 Å². The van der Waals surface area contributed by atoms with E-state index in [0.29, 0.717) is 6.04 Å². The van der Waals surface area contributed by atoms with E-state index >= 15 is 0 Å². The Kier molecular flexibility index (Phi) is 3.94. The first-order valence-corrected chi connectivity index (χ1v) is 7.31. The minimum Gasteiger partial charge on any atom is -0.339 e. The Bertz CT molecular complexity index is 405. The maximum absolute atomic E-state index is 4.53. The van der Waals surface area contributed by atoms with E-state index in [2.05, 4.69) is 25.1 Å². The standard InChI is InChI=1S/C14H23N5/c1-15-8-12-9-16-14(17-10-12)19-7-3-6-18-5-2-4-13(18)11-19/h9-10,13,15H,2-8,11H2,1H3. The van der Waals surface area contributed by atoms with Crippen LogP contribution < -0.4 is 10.2 Å². The van der Waals surface area contributed by atoms with Gasteiger partial charge in [0, 0.05) is 50.2 Å². The summed E-state index contributed by atoms with van der Waals surface area (Å²) >= 11 is 0. The van der Waals surface area contributed by atoms with Crippen molar-refractivity contribution >= 4 is 5.95 Å². The molecule has 0 aliphatic carbocycles. The Labute approximate surface area is 115 Å². The molecular formula is C14H23N5. The SMILES string of the molecule is CNCc1cnc(N2CCCN3CCCC3C2)nc1. The first kappa shape index (κ1) is 12.8. The van der Waals surface area contributed by atoms with E-state index in [1.807, 2.05) is 19.4 Å². The average molecular weight is 261 g/mol. The van der Waals surface area contributed by atoms with Crippen molar-refractivity contribution in [2.45, 2.75) is 31.8 Å². The predicted molar refractivity (Wildman–Crippen MR) is 76.2 cm³/mol. The van der Waals surface area contributed by atoms with E-state index in [0.717, 1.165) is 31.1 Å². The van der Waals surface area contributed by atoms with Gasteiger partial charge in [-0.2, -0.15) is 0 Å². The van der Waals surface area contributed by atoms with Crippen molar-refractivity contribution < 1.29 is 0 Å². The van der Waals surface area contributed by atoms with E-state index in [4.69, 9.17) is 0 Å². The monoisotopic (exact) mass is 261 g/mol. The minimum atomic E-state index is 0.711. The average Bonchev–Trinajstić information content (AvgIpc) is 2.77. The van der Waals surface area contributed by atoms with Crippen LogP contribution >= 0.6 is 0 Å². The fourth-order valence-electron chi connectivity index (χ4n) is 3.19. The highest BCUT2D eigenvalue weighted by Crippen LogP contribution is 2.23. The lowest BCUT2D eigenvalue weighted by molar-refractivity contribution is 0.273. The molecule has 1 N–H and O–H groups in total. The van der Waals surface area contributed by atoms with Crippen LogP contribution in [0.4, 0.5) is 5.95 Å². The molecule has 104 valence electrons. The molecule has 3 heterocycles. The highest BCUT2D eigenvalue weighted by molar-refractivity contribution is 5.31. The summed E-state index contributed by atoms with van der Waals surface area (Å²) in [4.78, 5) is 14.1. The van der Waals surface area contributed by atoms with Crippen LogP contribution in [0.15, 0.2) is 12.4 Å². The Morgan fingerprint density at radius 2 is 2.00 bits per heavy atom. The van der Waals surface area contributed by atoms with Crippen molar-refractivity contribution in [2.75, 3.05) is 38.1 Å². The van der Waals surface area contributed by atoms with E-state index < -0.39 is 0 Å². The van der Waals surface area contributed by atoms with Gasteiger partial charge in [0.1, 0.15) is 0 Å². The van der Waals surface area contributed by atoms with Gasteiger partial charge in [-0.1, -0.05) is 0 Å². The number of rotatable bonds is 3.